The van der Waals surface area contributed by atoms with Gasteiger partial charge in [0.2, 0.25) is 0 Å². The van der Waals surface area contributed by atoms with Crippen molar-refractivity contribution in [3.8, 4) is 0 Å². The van der Waals surface area contributed by atoms with Gasteiger partial charge >= 0.3 is 0 Å². The zero-order chi connectivity index (χ0) is 13.2. The highest BCUT2D eigenvalue weighted by Crippen LogP contribution is 2.22. The summed E-state index contributed by atoms with van der Waals surface area (Å²) in [6, 6.07) is 0. The lowest BCUT2D eigenvalue weighted by Crippen LogP contribution is -2.45. The number of halogens is 1. The molecule has 0 saturated carbocycles. The average Bonchev–Trinajstić information content (AvgIpc) is 3.00. The molecule has 0 aromatic carbocycles. The van der Waals surface area contributed by atoms with Crippen molar-refractivity contribution < 1.29 is 0 Å². The maximum Gasteiger partial charge on any atom is 0.185 e. The highest BCUT2D eigenvalue weighted by molar-refractivity contribution is 7.15. The Hall–Kier alpha value is -0.890. The number of aryl methyl sites for hydroxylation is 1. The number of rotatable bonds is 3. The van der Waals surface area contributed by atoms with Crippen molar-refractivity contribution in [2.75, 3.05) is 36.8 Å². The number of thiazole rings is 2. The highest BCUT2D eigenvalue weighted by atomic mass is 35.5. The summed E-state index contributed by atoms with van der Waals surface area (Å²) in [4.78, 5) is 14.7. The SMILES string of the molecule is Cc1csc(N2CCN(Cc3cnc(N)s3)CC2)n1.Cl. The van der Waals surface area contributed by atoms with E-state index in [1.54, 1.807) is 22.7 Å². The van der Waals surface area contributed by atoms with Crippen LogP contribution in [0.25, 0.3) is 0 Å². The van der Waals surface area contributed by atoms with Gasteiger partial charge in [0.15, 0.2) is 10.3 Å². The van der Waals surface area contributed by atoms with Crippen molar-refractivity contribution in [1.29, 1.82) is 0 Å². The molecular weight excluding hydrogens is 314 g/mol. The van der Waals surface area contributed by atoms with Crippen LogP contribution in [-0.4, -0.2) is 41.0 Å². The van der Waals surface area contributed by atoms with Gasteiger partial charge in [-0.15, -0.1) is 35.1 Å². The zero-order valence-corrected chi connectivity index (χ0v) is 13.7. The second-order valence-corrected chi connectivity index (χ2v) is 6.68. The minimum atomic E-state index is 0. The predicted octanol–water partition coefficient (Wildman–Crippen LogP) is 2.23. The number of piperazine rings is 1. The van der Waals surface area contributed by atoms with E-state index in [9.17, 15) is 0 Å². The number of hydrogen-bond acceptors (Lipinski definition) is 7. The van der Waals surface area contributed by atoms with Crippen molar-refractivity contribution in [1.82, 2.24) is 14.9 Å². The van der Waals surface area contributed by atoms with E-state index in [-0.39, 0.29) is 12.4 Å². The van der Waals surface area contributed by atoms with Crippen LogP contribution in [0.1, 0.15) is 10.6 Å². The van der Waals surface area contributed by atoms with Gasteiger partial charge in [-0.25, -0.2) is 9.97 Å². The number of anilines is 2. The van der Waals surface area contributed by atoms with Crippen molar-refractivity contribution in [3.05, 3.63) is 22.1 Å². The van der Waals surface area contributed by atoms with E-state index in [1.807, 2.05) is 13.1 Å². The molecule has 3 rings (SSSR count). The average molecular weight is 332 g/mol. The van der Waals surface area contributed by atoms with Crippen LogP contribution in [0.5, 0.6) is 0 Å². The molecule has 0 spiro atoms. The number of aromatic nitrogens is 2. The van der Waals surface area contributed by atoms with E-state index >= 15 is 0 Å². The fraction of sp³-hybridized carbons (Fsp3) is 0.500. The maximum absolute atomic E-state index is 5.66. The fourth-order valence-electron chi connectivity index (χ4n) is 2.20. The summed E-state index contributed by atoms with van der Waals surface area (Å²) in [5.41, 5.74) is 6.77. The van der Waals surface area contributed by atoms with Crippen LogP contribution >= 0.6 is 35.1 Å². The Bertz CT molecular complexity index is 548. The molecule has 2 N–H and O–H groups in total. The largest absolute Gasteiger partial charge is 0.375 e. The first-order valence-electron chi connectivity index (χ1n) is 6.30. The zero-order valence-electron chi connectivity index (χ0n) is 11.3. The standard InChI is InChI=1S/C12H17N5S2.ClH/c1-9-8-18-12(15-9)17-4-2-16(3-5-17)7-10-6-14-11(13)19-10;/h6,8H,2-5,7H2,1H3,(H2,13,14);1H. The van der Waals surface area contributed by atoms with Crippen LogP contribution in [-0.2, 0) is 6.54 Å². The van der Waals surface area contributed by atoms with Crippen molar-refractivity contribution in [3.63, 3.8) is 0 Å². The Morgan fingerprint density at radius 1 is 1.30 bits per heavy atom. The lowest BCUT2D eigenvalue weighted by molar-refractivity contribution is 0.251. The molecule has 8 heteroatoms. The van der Waals surface area contributed by atoms with E-state index in [4.69, 9.17) is 5.73 Å². The molecule has 1 saturated heterocycles. The topological polar surface area (TPSA) is 58.3 Å². The van der Waals surface area contributed by atoms with E-state index in [1.165, 1.54) is 4.88 Å². The minimum absolute atomic E-state index is 0. The number of nitrogens with two attached hydrogens (primary N) is 1. The number of nitrogen functional groups attached to an aromatic ring is 1. The molecule has 2 aromatic rings. The van der Waals surface area contributed by atoms with E-state index in [0.29, 0.717) is 5.13 Å². The predicted molar refractivity (Wildman–Crippen MR) is 88.1 cm³/mol. The van der Waals surface area contributed by atoms with Gasteiger partial charge in [0.05, 0.1) is 5.69 Å². The Labute approximate surface area is 132 Å². The summed E-state index contributed by atoms with van der Waals surface area (Å²) in [5, 5.41) is 3.92. The first-order valence-corrected chi connectivity index (χ1v) is 8.00. The van der Waals surface area contributed by atoms with Crippen LogP contribution < -0.4 is 10.6 Å². The van der Waals surface area contributed by atoms with E-state index in [2.05, 4.69) is 25.1 Å². The molecule has 0 aliphatic carbocycles. The first-order chi connectivity index (χ1) is 9.20. The smallest absolute Gasteiger partial charge is 0.185 e. The Morgan fingerprint density at radius 3 is 2.60 bits per heavy atom. The van der Waals surface area contributed by atoms with Gasteiger partial charge in [-0.3, -0.25) is 4.90 Å². The molecule has 0 amide bonds. The Kier molecular flexibility index (Phi) is 5.20. The van der Waals surface area contributed by atoms with Gasteiger partial charge in [0.1, 0.15) is 0 Å². The van der Waals surface area contributed by atoms with Gasteiger partial charge in [-0.2, -0.15) is 0 Å². The molecule has 3 heterocycles. The van der Waals surface area contributed by atoms with Gasteiger partial charge in [-0.1, -0.05) is 0 Å². The normalized spacial score (nSPS) is 16.1. The molecule has 0 radical (unpaired) electrons. The summed E-state index contributed by atoms with van der Waals surface area (Å²) in [7, 11) is 0. The van der Waals surface area contributed by atoms with Crippen molar-refractivity contribution in [2.24, 2.45) is 0 Å². The fourth-order valence-corrected chi connectivity index (χ4v) is 3.78. The molecule has 1 aliphatic heterocycles. The van der Waals surface area contributed by atoms with Gasteiger partial charge < -0.3 is 10.6 Å². The monoisotopic (exact) mass is 331 g/mol. The van der Waals surface area contributed by atoms with Crippen LogP contribution in [0, 0.1) is 6.92 Å². The molecule has 1 fully saturated rings. The second-order valence-electron chi connectivity index (χ2n) is 4.70. The van der Waals surface area contributed by atoms with Crippen molar-refractivity contribution >= 4 is 45.3 Å². The van der Waals surface area contributed by atoms with Crippen molar-refractivity contribution in [2.45, 2.75) is 13.5 Å². The lowest BCUT2D eigenvalue weighted by Gasteiger charge is -2.34. The summed E-state index contributed by atoms with van der Waals surface area (Å²) >= 11 is 3.32. The van der Waals surface area contributed by atoms with Crippen LogP contribution in [0.2, 0.25) is 0 Å². The molecule has 0 bridgehead atoms. The highest BCUT2D eigenvalue weighted by Gasteiger charge is 2.19. The molecular formula is C12H18ClN5S2. The third kappa shape index (κ3) is 3.60. The third-order valence-corrected chi connectivity index (χ3v) is 5.03. The quantitative estimate of drug-likeness (QED) is 0.934. The van der Waals surface area contributed by atoms with Crippen LogP contribution in [0.3, 0.4) is 0 Å². The second kappa shape index (κ2) is 6.71. The van der Waals surface area contributed by atoms with Gasteiger partial charge in [0, 0.05) is 49.2 Å². The van der Waals surface area contributed by atoms with Gasteiger partial charge in [-0.05, 0) is 6.92 Å². The lowest BCUT2D eigenvalue weighted by atomic mass is 10.3. The Morgan fingerprint density at radius 2 is 2.05 bits per heavy atom. The van der Waals surface area contributed by atoms with Crippen LogP contribution in [0.4, 0.5) is 10.3 Å². The van der Waals surface area contributed by atoms with E-state index in [0.717, 1.165) is 43.5 Å². The number of nitrogens with zero attached hydrogens (tertiary/aromatic N) is 4. The van der Waals surface area contributed by atoms with E-state index < -0.39 is 0 Å². The molecule has 110 valence electrons. The third-order valence-electron chi connectivity index (χ3n) is 3.20. The Balaban J connectivity index is 0.00000147. The summed E-state index contributed by atoms with van der Waals surface area (Å²) < 4.78 is 0. The maximum atomic E-state index is 5.66. The summed E-state index contributed by atoms with van der Waals surface area (Å²) in [6.07, 6.45) is 1.89. The molecule has 20 heavy (non-hydrogen) atoms. The molecule has 2 aromatic heterocycles. The molecule has 5 nitrogen and oxygen atoms in total. The number of hydrogen-bond donors (Lipinski definition) is 1. The molecule has 1 aliphatic rings. The molecule has 0 atom stereocenters. The van der Waals surface area contributed by atoms with Gasteiger partial charge in [0.25, 0.3) is 0 Å². The summed E-state index contributed by atoms with van der Waals surface area (Å²) in [6.45, 7) is 7.22. The first kappa shape index (κ1) is 15.5. The molecule has 0 unspecified atom stereocenters. The minimum Gasteiger partial charge on any atom is -0.375 e. The van der Waals surface area contributed by atoms with Crippen LogP contribution in [0.15, 0.2) is 11.6 Å². The summed E-state index contributed by atoms with van der Waals surface area (Å²) in [5.74, 6) is 0.